The summed E-state index contributed by atoms with van der Waals surface area (Å²) in [4.78, 5) is 11.2. The lowest BCUT2D eigenvalue weighted by molar-refractivity contribution is -0.155. The molecule has 0 heterocycles. The number of ether oxygens (including phenoxy) is 1. The monoisotopic (exact) mass is 254 g/mol. The van der Waals surface area contributed by atoms with Gasteiger partial charge in [0.25, 0.3) is 0 Å². The van der Waals surface area contributed by atoms with Gasteiger partial charge in [-0.1, -0.05) is 13.8 Å². The molecule has 0 aromatic carbocycles. The minimum Gasteiger partial charge on any atom is -0.462 e. The Kier molecular flexibility index (Phi) is 4.00. The number of rotatable bonds is 3. The van der Waals surface area contributed by atoms with Crippen LogP contribution < -0.4 is 0 Å². The van der Waals surface area contributed by atoms with E-state index in [1.165, 1.54) is 19.8 Å². The molecular weight excluding hydrogens is 228 g/mol. The molecule has 3 heteroatoms. The Morgan fingerprint density at radius 2 is 2.17 bits per heavy atom. The lowest BCUT2D eigenvalue weighted by Crippen LogP contribution is -2.43. The second kappa shape index (κ2) is 5.20. The first-order valence-electron chi connectivity index (χ1n) is 7.27. The molecule has 0 bridgehead atoms. The Hall–Kier alpha value is -0.570. The zero-order valence-electron chi connectivity index (χ0n) is 11.8. The van der Waals surface area contributed by atoms with Crippen molar-refractivity contribution in [2.45, 2.75) is 59.0 Å². The molecule has 0 radical (unpaired) electrons. The topological polar surface area (TPSA) is 46.5 Å². The van der Waals surface area contributed by atoms with E-state index in [1.807, 2.05) is 0 Å². The summed E-state index contributed by atoms with van der Waals surface area (Å²) in [5.41, 5.74) is 0.251. The molecule has 0 saturated heterocycles. The molecule has 2 aliphatic rings. The van der Waals surface area contributed by atoms with Crippen molar-refractivity contribution < 1.29 is 14.6 Å². The third kappa shape index (κ3) is 2.29. The van der Waals surface area contributed by atoms with Crippen LogP contribution in [0, 0.1) is 23.2 Å². The van der Waals surface area contributed by atoms with E-state index >= 15 is 0 Å². The van der Waals surface area contributed by atoms with E-state index in [-0.39, 0.29) is 24.1 Å². The van der Waals surface area contributed by atoms with E-state index in [0.29, 0.717) is 17.8 Å². The normalized spacial score (nSPS) is 41.2. The fourth-order valence-corrected chi connectivity index (χ4v) is 4.58. The molecule has 104 valence electrons. The zero-order chi connectivity index (χ0) is 13.3. The summed E-state index contributed by atoms with van der Waals surface area (Å²) in [5, 5.41) is 9.43. The maximum Gasteiger partial charge on any atom is 0.302 e. The average Bonchev–Trinajstić information content (AvgIpc) is 2.66. The van der Waals surface area contributed by atoms with Crippen LogP contribution in [0.2, 0.25) is 0 Å². The first kappa shape index (κ1) is 13.9. The van der Waals surface area contributed by atoms with Gasteiger partial charge in [0.05, 0.1) is 0 Å². The molecule has 0 spiro atoms. The fourth-order valence-electron chi connectivity index (χ4n) is 4.58. The molecule has 1 N–H and O–H groups in total. The van der Waals surface area contributed by atoms with E-state index in [2.05, 4.69) is 13.8 Å². The van der Waals surface area contributed by atoms with Crippen LogP contribution in [0.4, 0.5) is 0 Å². The third-order valence-electron chi connectivity index (χ3n) is 5.43. The van der Waals surface area contributed by atoms with Gasteiger partial charge in [-0.15, -0.1) is 0 Å². The first-order chi connectivity index (χ1) is 8.49. The highest BCUT2D eigenvalue weighted by atomic mass is 16.5. The standard InChI is InChI=1S/C15H26O3/c1-10(9-16)12-6-7-13-14(18-11(2)17)5-4-8-15(12,13)3/h10,12-14,16H,4-9H2,1-3H3/t10?,12-,13?,14+,15-/m1/s1. The van der Waals surface area contributed by atoms with E-state index in [1.54, 1.807) is 0 Å². The van der Waals surface area contributed by atoms with Gasteiger partial charge in [0.1, 0.15) is 6.10 Å². The Morgan fingerprint density at radius 3 is 2.78 bits per heavy atom. The SMILES string of the molecule is CC(=O)O[C@H]1CCC[C@@]2(C)C1CC[C@@H]2C(C)CO. The van der Waals surface area contributed by atoms with Crippen LogP contribution in [0.3, 0.4) is 0 Å². The number of fused-ring (bicyclic) bond motifs is 1. The van der Waals surface area contributed by atoms with Crippen molar-refractivity contribution in [2.24, 2.45) is 23.2 Å². The van der Waals surface area contributed by atoms with Gasteiger partial charge in [0.2, 0.25) is 0 Å². The lowest BCUT2D eigenvalue weighted by atomic mass is 9.62. The summed E-state index contributed by atoms with van der Waals surface area (Å²) in [6, 6.07) is 0. The van der Waals surface area contributed by atoms with Crippen LogP contribution in [0.1, 0.15) is 52.9 Å². The fraction of sp³-hybridized carbons (Fsp3) is 0.933. The third-order valence-corrected chi connectivity index (χ3v) is 5.43. The smallest absolute Gasteiger partial charge is 0.302 e. The van der Waals surface area contributed by atoms with Gasteiger partial charge in [-0.2, -0.15) is 0 Å². The second-order valence-corrected chi connectivity index (χ2v) is 6.50. The second-order valence-electron chi connectivity index (χ2n) is 6.50. The molecule has 5 atom stereocenters. The highest BCUT2D eigenvalue weighted by Gasteiger charge is 2.53. The summed E-state index contributed by atoms with van der Waals surface area (Å²) < 4.78 is 5.53. The van der Waals surface area contributed by atoms with Gasteiger partial charge >= 0.3 is 5.97 Å². The van der Waals surface area contributed by atoms with Gasteiger partial charge < -0.3 is 9.84 Å². The van der Waals surface area contributed by atoms with E-state index in [0.717, 1.165) is 19.3 Å². The minimum atomic E-state index is -0.150. The molecule has 0 aliphatic heterocycles. The summed E-state index contributed by atoms with van der Waals surface area (Å²) in [6.07, 6.45) is 5.78. The molecule has 3 nitrogen and oxygen atoms in total. The molecule has 2 fully saturated rings. The quantitative estimate of drug-likeness (QED) is 0.788. The average molecular weight is 254 g/mol. The molecule has 0 aromatic heterocycles. The van der Waals surface area contributed by atoms with Crippen molar-refractivity contribution in [1.82, 2.24) is 0 Å². The minimum absolute atomic E-state index is 0.108. The summed E-state index contributed by atoms with van der Waals surface area (Å²) in [6.45, 7) is 6.27. The van der Waals surface area contributed by atoms with E-state index in [4.69, 9.17) is 4.74 Å². The van der Waals surface area contributed by atoms with Gasteiger partial charge in [-0.05, 0) is 49.4 Å². The van der Waals surface area contributed by atoms with Crippen molar-refractivity contribution in [3.8, 4) is 0 Å². The van der Waals surface area contributed by atoms with Gasteiger partial charge in [0, 0.05) is 19.4 Å². The Balaban J connectivity index is 2.15. The van der Waals surface area contributed by atoms with Crippen LogP contribution in [0.15, 0.2) is 0 Å². The number of carbonyl (C=O) groups excluding carboxylic acids is 1. The van der Waals surface area contributed by atoms with Crippen molar-refractivity contribution in [3.05, 3.63) is 0 Å². The van der Waals surface area contributed by atoms with Crippen LogP contribution in [0.25, 0.3) is 0 Å². The molecule has 2 saturated carbocycles. The van der Waals surface area contributed by atoms with Crippen molar-refractivity contribution in [3.63, 3.8) is 0 Å². The van der Waals surface area contributed by atoms with Crippen LogP contribution in [-0.2, 0) is 9.53 Å². The number of carbonyl (C=O) groups is 1. The van der Waals surface area contributed by atoms with Gasteiger partial charge in [0.15, 0.2) is 0 Å². The number of aliphatic hydroxyl groups is 1. The molecule has 2 unspecified atom stereocenters. The maximum absolute atomic E-state index is 11.2. The Morgan fingerprint density at radius 1 is 1.44 bits per heavy atom. The molecule has 0 amide bonds. The molecular formula is C15H26O3. The zero-order valence-corrected chi connectivity index (χ0v) is 11.8. The number of hydrogen-bond acceptors (Lipinski definition) is 3. The highest BCUT2D eigenvalue weighted by Crippen LogP contribution is 2.58. The Bertz CT molecular complexity index is 315. The van der Waals surface area contributed by atoms with Crippen LogP contribution in [0.5, 0.6) is 0 Å². The van der Waals surface area contributed by atoms with Crippen molar-refractivity contribution in [1.29, 1.82) is 0 Å². The van der Waals surface area contributed by atoms with E-state index < -0.39 is 0 Å². The highest BCUT2D eigenvalue weighted by molar-refractivity contribution is 5.66. The summed E-state index contributed by atoms with van der Waals surface area (Å²) >= 11 is 0. The predicted octanol–water partition coefficient (Wildman–Crippen LogP) is 2.76. The molecule has 2 aliphatic carbocycles. The molecule has 2 rings (SSSR count). The Labute approximate surface area is 110 Å². The number of esters is 1. The van der Waals surface area contributed by atoms with Crippen LogP contribution >= 0.6 is 0 Å². The van der Waals surface area contributed by atoms with Crippen LogP contribution in [-0.4, -0.2) is 23.8 Å². The maximum atomic E-state index is 11.2. The predicted molar refractivity (Wildman–Crippen MR) is 70.0 cm³/mol. The van der Waals surface area contributed by atoms with Gasteiger partial charge in [-0.25, -0.2) is 0 Å². The van der Waals surface area contributed by atoms with Crippen molar-refractivity contribution in [2.75, 3.05) is 6.61 Å². The molecule has 18 heavy (non-hydrogen) atoms. The number of hydrogen-bond donors (Lipinski definition) is 1. The van der Waals surface area contributed by atoms with Gasteiger partial charge in [-0.3, -0.25) is 4.79 Å². The first-order valence-corrected chi connectivity index (χ1v) is 7.27. The van der Waals surface area contributed by atoms with E-state index in [9.17, 15) is 9.90 Å². The summed E-state index contributed by atoms with van der Waals surface area (Å²) in [5.74, 6) is 1.28. The lowest BCUT2D eigenvalue weighted by Gasteiger charge is -2.45. The molecule has 0 aromatic rings. The largest absolute Gasteiger partial charge is 0.462 e. The summed E-state index contributed by atoms with van der Waals surface area (Å²) in [7, 11) is 0. The van der Waals surface area contributed by atoms with Crippen molar-refractivity contribution >= 4 is 5.97 Å². The number of aliphatic hydroxyl groups excluding tert-OH is 1.